The summed E-state index contributed by atoms with van der Waals surface area (Å²) in [4.78, 5) is 45.7. The number of alkyl carbamates (subject to hydrolysis) is 1. The van der Waals surface area contributed by atoms with Gasteiger partial charge in [-0.05, 0) is 56.4 Å². The molecular weight excluding hydrogens is 516 g/mol. The molecule has 0 atom stereocenters. The van der Waals surface area contributed by atoms with Gasteiger partial charge in [0.15, 0.2) is 0 Å². The average molecular weight is 553 g/mol. The molecule has 2 aliphatic rings. The van der Waals surface area contributed by atoms with Crippen LogP contribution in [0.2, 0.25) is 0 Å². The third kappa shape index (κ3) is 8.31. The Labute approximate surface area is 232 Å². The summed E-state index contributed by atoms with van der Waals surface area (Å²) in [6, 6.07) is 10.8. The zero-order valence-corrected chi connectivity index (χ0v) is 23.0. The number of anilines is 1. The van der Waals surface area contributed by atoms with Gasteiger partial charge in [-0.2, -0.15) is 0 Å². The molecule has 2 aromatic rings. The number of carbonyl (C=O) groups is 3. The summed E-state index contributed by atoms with van der Waals surface area (Å²) < 4.78 is 5.31. The molecule has 1 aromatic carbocycles. The molecular formula is C28H36N6O4S. The van der Waals surface area contributed by atoms with Crippen molar-refractivity contribution in [2.75, 3.05) is 25.0 Å². The number of nitrogens with zero attached hydrogens (tertiary/aromatic N) is 2. The summed E-state index contributed by atoms with van der Waals surface area (Å²) in [6.45, 7) is 3.89. The van der Waals surface area contributed by atoms with Crippen LogP contribution in [0.3, 0.4) is 0 Å². The van der Waals surface area contributed by atoms with Crippen LogP contribution >= 0.6 is 11.3 Å². The largest absolute Gasteiger partial charge is 0.446 e. The Morgan fingerprint density at radius 1 is 1.15 bits per heavy atom. The fourth-order valence-corrected chi connectivity index (χ4v) is 5.26. The predicted molar refractivity (Wildman–Crippen MR) is 154 cm³/mol. The quantitative estimate of drug-likeness (QED) is 0.298. The highest BCUT2D eigenvalue weighted by atomic mass is 32.1. The van der Waals surface area contributed by atoms with Crippen LogP contribution in [0, 0.1) is 0 Å². The number of rotatable bonds is 11. The van der Waals surface area contributed by atoms with Gasteiger partial charge < -0.3 is 31.3 Å². The molecule has 208 valence electrons. The Balaban J connectivity index is 1.33. The number of carbonyl (C=O) groups excluding carboxylic acids is 3. The first-order chi connectivity index (χ1) is 18.9. The Morgan fingerprint density at radius 3 is 2.67 bits per heavy atom. The molecule has 1 aliphatic heterocycles. The molecule has 0 saturated heterocycles. The van der Waals surface area contributed by atoms with E-state index in [2.05, 4.69) is 20.9 Å². The third-order valence-electron chi connectivity index (χ3n) is 6.44. The number of ether oxygens (including phenoxy) is 1. The van der Waals surface area contributed by atoms with Gasteiger partial charge in [0.25, 0.3) is 0 Å². The average Bonchev–Trinajstić information content (AvgIpc) is 3.19. The van der Waals surface area contributed by atoms with Crippen LogP contribution in [-0.2, 0) is 16.1 Å². The van der Waals surface area contributed by atoms with E-state index in [1.807, 2.05) is 49.4 Å². The predicted octanol–water partition coefficient (Wildman–Crippen LogP) is 4.75. The van der Waals surface area contributed by atoms with Gasteiger partial charge >= 0.3 is 12.1 Å². The highest BCUT2D eigenvalue weighted by molar-refractivity contribution is 7.13. The second-order valence-corrected chi connectivity index (χ2v) is 10.8. The summed E-state index contributed by atoms with van der Waals surface area (Å²) in [7, 11) is 0. The van der Waals surface area contributed by atoms with E-state index in [-0.39, 0.29) is 24.5 Å². The molecule has 10 nitrogen and oxygen atoms in total. The number of thiophene rings is 1. The van der Waals surface area contributed by atoms with E-state index in [9.17, 15) is 14.4 Å². The third-order valence-corrected chi connectivity index (χ3v) is 7.51. The summed E-state index contributed by atoms with van der Waals surface area (Å²) in [6.07, 6.45) is 6.17. The maximum Gasteiger partial charge on any atom is 0.407 e. The van der Waals surface area contributed by atoms with Gasteiger partial charge in [0.2, 0.25) is 5.91 Å². The van der Waals surface area contributed by atoms with Crippen LogP contribution in [0.4, 0.5) is 21.0 Å². The van der Waals surface area contributed by atoms with Crippen molar-refractivity contribution in [3.63, 3.8) is 0 Å². The van der Waals surface area contributed by atoms with Gasteiger partial charge in [-0.25, -0.2) is 14.6 Å². The lowest BCUT2D eigenvalue weighted by Gasteiger charge is -2.25. The second-order valence-electron chi connectivity index (χ2n) is 9.62. The van der Waals surface area contributed by atoms with Crippen molar-refractivity contribution in [3.8, 4) is 0 Å². The van der Waals surface area contributed by atoms with E-state index in [0.29, 0.717) is 55.4 Å². The molecule has 1 fully saturated rings. The first-order valence-electron chi connectivity index (χ1n) is 13.4. The van der Waals surface area contributed by atoms with Crippen molar-refractivity contribution >= 4 is 52.7 Å². The van der Waals surface area contributed by atoms with Crippen molar-refractivity contribution in [1.29, 1.82) is 0 Å². The number of aliphatic imine (C=N–C) groups is 1. The number of amidine groups is 1. The monoisotopic (exact) mass is 552 g/mol. The molecule has 0 spiro atoms. The lowest BCUT2D eigenvalue weighted by atomic mass is 9.96. The van der Waals surface area contributed by atoms with E-state index in [1.54, 1.807) is 4.90 Å². The number of amides is 4. The van der Waals surface area contributed by atoms with Gasteiger partial charge in [0.05, 0.1) is 17.1 Å². The number of para-hydroxylation sites is 1. The number of fused-ring (bicyclic) bond motifs is 1. The highest BCUT2D eigenvalue weighted by Crippen LogP contribution is 2.35. The first kappa shape index (κ1) is 28.2. The number of hydrogen-bond acceptors (Lipinski definition) is 7. The van der Waals surface area contributed by atoms with Crippen LogP contribution in [0.15, 0.2) is 47.0 Å². The van der Waals surface area contributed by atoms with Crippen LogP contribution in [0.5, 0.6) is 0 Å². The molecule has 0 radical (unpaired) electrons. The minimum Gasteiger partial charge on any atom is -0.446 e. The molecule has 4 amide bonds. The van der Waals surface area contributed by atoms with Gasteiger partial charge in [0.1, 0.15) is 11.9 Å². The summed E-state index contributed by atoms with van der Waals surface area (Å²) in [5, 5.41) is 8.42. The maximum atomic E-state index is 13.5. The zero-order chi connectivity index (χ0) is 27.6. The summed E-state index contributed by atoms with van der Waals surface area (Å²) in [5.74, 6) is 0.277. The topological polar surface area (TPSA) is 138 Å². The Hall–Kier alpha value is -3.86. The van der Waals surface area contributed by atoms with Gasteiger partial charge in [-0.15, -0.1) is 11.3 Å². The highest BCUT2D eigenvalue weighted by Gasteiger charge is 2.23. The minimum atomic E-state index is -0.392. The SMILES string of the molecule is CCCN(CCCNC(=O)OC1CCC1)C(=O)C1=Cc2sc(CNC(=O)Nc3ccccc3)cc2N=C(N)C1. The smallest absolute Gasteiger partial charge is 0.407 e. The molecule has 5 N–H and O–H groups in total. The van der Waals surface area contributed by atoms with Crippen LogP contribution < -0.4 is 21.7 Å². The molecule has 4 rings (SSSR count). The van der Waals surface area contributed by atoms with Gasteiger partial charge in [-0.1, -0.05) is 25.1 Å². The van der Waals surface area contributed by atoms with E-state index in [0.717, 1.165) is 35.4 Å². The fourth-order valence-electron chi connectivity index (χ4n) is 4.25. The number of hydrogen-bond donors (Lipinski definition) is 4. The lowest BCUT2D eigenvalue weighted by Crippen LogP contribution is -2.37. The Kier molecular flexibility index (Phi) is 9.96. The van der Waals surface area contributed by atoms with Crippen molar-refractivity contribution in [1.82, 2.24) is 15.5 Å². The second kappa shape index (κ2) is 13.8. The zero-order valence-electron chi connectivity index (χ0n) is 22.2. The standard InChI is InChI=1S/C28H36N6O4S/c1-2-13-34(14-7-12-30-28(37)38-21-10-6-11-21)26(35)19-15-24-23(33-25(29)16-19)17-22(39-24)18-31-27(36)32-20-8-4-3-5-9-20/h3-5,8-9,15,17,21H,2,6-7,10-14,16,18H2,1H3,(H2,29,33)(H,30,37)(H2,31,32,36). The van der Waals surface area contributed by atoms with Crippen molar-refractivity contribution in [3.05, 3.63) is 51.7 Å². The molecule has 1 aromatic heterocycles. The lowest BCUT2D eigenvalue weighted by molar-refractivity contribution is -0.127. The van der Waals surface area contributed by atoms with E-state index < -0.39 is 6.09 Å². The van der Waals surface area contributed by atoms with E-state index in [1.165, 1.54) is 11.3 Å². The molecule has 39 heavy (non-hydrogen) atoms. The molecule has 1 saturated carbocycles. The van der Waals surface area contributed by atoms with Crippen LogP contribution in [0.25, 0.3) is 6.08 Å². The molecule has 11 heteroatoms. The number of nitrogens with two attached hydrogens (primary N) is 1. The van der Waals surface area contributed by atoms with E-state index in [4.69, 9.17) is 10.5 Å². The first-order valence-corrected chi connectivity index (χ1v) is 14.2. The van der Waals surface area contributed by atoms with Crippen molar-refractivity contribution in [2.45, 2.75) is 58.1 Å². The fraction of sp³-hybridized carbons (Fsp3) is 0.429. The number of urea groups is 1. The van der Waals surface area contributed by atoms with Gasteiger partial charge in [0, 0.05) is 42.2 Å². The number of nitrogens with one attached hydrogen (secondary N) is 3. The summed E-state index contributed by atoms with van der Waals surface area (Å²) >= 11 is 1.47. The molecule has 2 heterocycles. The molecule has 1 aliphatic carbocycles. The van der Waals surface area contributed by atoms with Crippen LogP contribution in [-0.4, -0.2) is 54.5 Å². The van der Waals surface area contributed by atoms with E-state index >= 15 is 0 Å². The Morgan fingerprint density at radius 2 is 1.95 bits per heavy atom. The van der Waals surface area contributed by atoms with Crippen molar-refractivity contribution in [2.24, 2.45) is 10.7 Å². The van der Waals surface area contributed by atoms with Crippen LogP contribution in [0.1, 0.15) is 55.2 Å². The normalized spacial score (nSPS) is 14.6. The maximum absolute atomic E-state index is 13.5. The number of benzene rings is 1. The molecule has 0 bridgehead atoms. The summed E-state index contributed by atoms with van der Waals surface area (Å²) in [5.41, 5.74) is 8.16. The van der Waals surface area contributed by atoms with Gasteiger partial charge in [-0.3, -0.25) is 4.79 Å². The molecule has 0 unspecified atom stereocenters. The minimum absolute atomic E-state index is 0.0438. The van der Waals surface area contributed by atoms with Crippen molar-refractivity contribution < 1.29 is 19.1 Å². The Bertz CT molecular complexity index is 1220.